The first kappa shape index (κ1) is 26.7. The molecule has 2 amide bonds. The Morgan fingerprint density at radius 1 is 1.08 bits per heavy atom. The van der Waals surface area contributed by atoms with Crippen LogP contribution >= 0.6 is 11.8 Å². The summed E-state index contributed by atoms with van der Waals surface area (Å²) in [5.41, 5.74) is 1.73. The molecule has 0 spiro atoms. The standard InChI is InChI=1S/C25H29N5O5S/c1-5-35-24(33)18-7-6-8-19(14-18)27-22(32)15-36-25-29-28-23(30(25)3)16(2)26-21(31)13-17-9-11-20(34-4)12-10-17/h6-12,14,16H,5,13,15H2,1-4H3,(H,26,31)(H,27,32)/t16-/m0/s1. The summed E-state index contributed by atoms with van der Waals surface area (Å²) >= 11 is 1.22. The van der Waals surface area contributed by atoms with Gasteiger partial charge in [-0.15, -0.1) is 10.2 Å². The van der Waals surface area contributed by atoms with Crippen molar-refractivity contribution in [3.8, 4) is 5.75 Å². The van der Waals surface area contributed by atoms with E-state index in [-0.39, 0.29) is 36.6 Å². The molecule has 0 aliphatic rings. The van der Waals surface area contributed by atoms with E-state index in [9.17, 15) is 14.4 Å². The molecule has 2 N–H and O–H groups in total. The minimum Gasteiger partial charge on any atom is -0.497 e. The van der Waals surface area contributed by atoms with Gasteiger partial charge in [-0.2, -0.15) is 0 Å². The first-order valence-corrected chi connectivity index (χ1v) is 12.3. The van der Waals surface area contributed by atoms with Gasteiger partial charge in [-0.3, -0.25) is 9.59 Å². The van der Waals surface area contributed by atoms with Gasteiger partial charge in [0.2, 0.25) is 11.8 Å². The minimum absolute atomic E-state index is 0.0911. The lowest BCUT2D eigenvalue weighted by Crippen LogP contribution is -2.29. The van der Waals surface area contributed by atoms with E-state index < -0.39 is 5.97 Å². The number of nitrogens with zero attached hydrogens (tertiary/aromatic N) is 3. The second kappa shape index (κ2) is 12.7. The zero-order valence-corrected chi connectivity index (χ0v) is 21.4. The lowest BCUT2D eigenvalue weighted by molar-refractivity contribution is -0.121. The molecule has 0 unspecified atom stereocenters. The van der Waals surface area contributed by atoms with Gasteiger partial charge in [-0.1, -0.05) is 30.0 Å². The highest BCUT2D eigenvalue weighted by molar-refractivity contribution is 7.99. The molecule has 1 heterocycles. The molecule has 0 radical (unpaired) electrons. The maximum atomic E-state index is 12.5. The fraction of sp³-hybridized carbons (Fsp3) is 0.320. The maximum Gasteiger partial charge on any atom is 0.338 e. The summed E-state index contributed by atoms with van der Waals surface area (Å²) in [6.45, 7) is 3.83. The van der Waals surface area contributed by atoms with E-state index >= 15 is 0 Å². The number of thioether (sulfide) groups is 1. The third kappa shape index (κ3) is 7.32. The van der Waals surface area contributed by atoms with Gasteiger partial charge in [0.25, 0.3) is 0 Å². The van der Waals surface area contributed by atoms with E-state index in [2.05, 4.69) is 20.8 Å². The van der Waals surface area contributed by atoms with Crippen molar-refractivity contribution in [1.82, 2.24) is 20.1 Å². The summed E-state index contributed by atoms with van der Waals surface area (Å²) in [6.07, 6.45) is 0.228. The van der Waals surface area contributed by atoms with Crippen molar-refractivity contribution < 1.29 is 23.9 Å². The highest BCUT2D eigenvalue weighted by Gasteiger charge is 2.19. The molecule has 11 heteroatoms. The van der Waals surface area contributed by atoms with Crippen LogP contribution in [0.3, 0.4) is 0 Å². The van der Waals surface area contributed by atoms with Gasteiger partial charge in [0, 0.05) is 12.7 Å². The van der Waals surface area contributed by atoms with E-state index in [0.717, 1.165) is 11.3 Å². The zero-order chi connectivity index (χ0) is 26.1. The first-order chi connectivity index (χ1) is 17.3. The van der Waals surface area contributed by atoms with Crippen LogP contribution in [0.5, 0.6) is 5.75 Å². The molecule has 36 heavy (non-hydrogen) atoms. The van der Waals surface area contributed by atoms with Crippen LogP contribution < -0.4 is 15.4 Å². The average Bonchev–Trinajstić information content (AvgIpc) is 3.23. The van der Waals surface area contributed by atoms with Crippen LogP contribution in [0.2, 0.25) is 0 Å². The summed E-state index contributed by atoms with van der Waals surface area (Å²) < 4.78 is 11.9. The van der Waals surface area contributed by atoms with E-state index in [1.54, 1.807) is 49.9 Å². The van der Waals surface area contributed by atoms with Crippen LogP contribution in [0.25, 0.3) is 0 Å². The number of carbonyl (C=O) groups is 3. The number of amides is 2. The second-order valence-electron chi connectivity index (χ2n) is 7.85. The molecular weight excluding hydrogens is 482 g/mol. The fourth-order valence-electron chi connectivity index (χ4n) is 3.38. The van der Waals surface area contributed by atoms with E-state index in [0.29, 0.717) is 22.2 Å². The zero-order valence-electron chi connectivity index (χ0n) is 20.6. The highest BCUT2D eigenvalue weighted by atomic mass is 32.2. The molecule has 3 aromatic rings. The predicted molar refractivity (Wildman–Crippen MR) is 136 cm³/mol. The SMILES string of the molecule is CCOC(=O)c1cccc(NC(=O)CSc2nnc([C@H](C)NC(=O)Cc3ccc(OC)cc3)n2C)c1. The predicted octanol–water partition coefficient (Wildman–Crippen LogP) is 3.15. The van der Waals surface area contributed by atoms with Gasteiger partial charge >= 0.3 is 5.97 Å². The lowest BCUT2D eigenvalue weighted by atomic mass is 10.1. The Hall–Kier alpha value is -3.86. The molecule has 0 aliphatic carbocycles. The Bertz CT molecular complexity index is 1210. The first-order valence-electron chi connectivity index (χ1n) is 11.3. The van der Waals surface area contributed by atoms with Crippen LogP contribution in [0.1, 0.15) is 41.6 Å². The summed E-state index contributed by atoms with van der Waals surface area (Å²) in [6, 6.07) is 13.5. The highest BCUT2D eigenvalue weighted by Crippen LogP contribution is 2.20. The quantitative estimate of drug-likeness (QED) is 0.297. The van der Waals surface area contributed by atoms with Crippen molar-refractivity contribution >= 4 is 35.2 Å². The number of anilines is 1. The number of ether oxygens (including phenoxy) is 2. The van der Waals surface area contributed by atoms with Crippen molar-refractivity contribution in [1.29, 1.82) is 0 Å². The van der Waals surface area contributed by atoms with Gasteiger partial charge in [0.05, 0.1) is 37.5 Å². The number of benzene rings is 2. The van der Waals surface area contributed by atoms with Crippen LogP contribution in [-0.2, 0) is 27.8 Å². The number of aromatic nitrogens is 3. The van der Waals surface area contributed by atoms with Crippen molar-refractivity contribution in [2.45, 2.75) is 31.5 Å². The molecule has 0 fully saturated rings. The van der Waals surface area contributed by atoms with Crippen LogP contribution in [0.4, 0.5) is 5.69 Å². The number of rotatable bonds is 11. The van der Waals surface area contributed by atoms with Gasteiger partial charge in [-0.25, -0.2) is 4.79 Å². The number of carbonyl (C=O) groups excluding carboxylic acids is 3. The van der Waals surface area contributed by atoms with Gasteiger partial charge in [0.15, 0.2) is 11.0 Å². The third-order valence-electron chi connectivity index (χ3n) is 5.15. The molecule has 0 saturated carbocycles. The average molecular weight is 512 g/mol. The lowest BCUT2D eigenvalue weighted by Gasteiger charge is -2.14. The van der Waals surface area contributed by atoms with Gasteiger partial charge in [-0.05, 0) is 49.7 Å². The molecule has 3 rings (SSSR count). The fourth-order valence-corrected chi connectivity index (χ4v) is 4.10. The smallest absolute Gasteiger partial charge is 0.338 e. The molecule has 2 aromatic carbocycles. The molecule has 0 saturated heterocycles. The normalized spacial score (nSPS) is 11.4. The van der Waals surface area contributed by atoms with E-state index in [1.807, 2.05) is 31.2 Å². The van der Waals surface area contributed by atoms with E-state index in [1.165, 1.54) is 11.8 Å². The number of hydrogen-bond donors (Lipinski definition) is 2. The molecule has 1 atom stereocenters. The summed E-state index contributed by atoms with van der Waals surface area (Å²) in [5, 5.41) is 14.6. The Labute approximate surface area is 213 Å². The molecule has 1 aromatic heterocycles. The van der Waals surface area contributed by atoms with Crippen LogP contribution in [0, 0.1) is 0 Å². The second-order valence-corrected chi connectivity index (χ2v) is 8.79. The topological polar surface area (TPSA) is 124 Å². The largest absolute Gasteiger partial charge is 0.497 e. The van der Waals surface area contributed by atoms with Crippen molar-refractivity contribution in [2.24, 2.45) is 7.05 Å². The molecule has 0 aliphatic heterocycles. The Morgan fingerprint density at radius 3 is 2.53 bits per heavy atom. The maximum absolute atomic E-state index is 12.5. The number of nitrogens with one attached hydrogen (secondary N) is 2. The molecular formula is C25H29N5O5S. The Kier molecular flexibility index (Phi) is 9.46. The third-order valence-corrected chi connectivity index (χ3v) is 6.17. The minimum atomic E-state index is -0.445. The number of hydrogen-bond acceptors (Lipinski definition) is 8. The van der Waals surface area contributed by atoms with E-state index in [4.69, 9.17) is 9.47 Å². The van der Waals surface area contributed by atoms with Gasteiger partial charge < -0.3 is 24.7 Å². The Balaban J connectivity index is 1.52. The van der Waals surface area contributed by atoms with Crippen molar-refractivity contribution in [2.75, 3.05) is 24.8 Å². The molecule has 190 valence electrons. The number of esters is 1. The molecule has 10 nitrogen and oxygen atoms in total. The summed E-state index contributed by atoms with van der Waals surface area (Å²) in [4.78, 5) is 36.8. The van der Waals surface area contributed by atoms with Crippen LogP contribution in [0.15, 0.2) is 53.7 Å². The van der Waals surface area contributed by atoms with Crippen molar-refractivity contribution in [3.05, 3.63) is 65.5 Å². The Morgan fingerprint density at radius 2 is 1.83 bits per heavy atom. The summed E-state index contributed by atoms with van der Waals surface area (Å²) in [7, 11) is 3.38. The van der Waals surface area contributed by atoms with Gasteiger partial charge in [0.1, 0.15) is 5.75 Å². The van der Waals surface area contributed by atoms with Crippen molar-refractivity contribution in [3.63, 3.8) is 0 Å². The number of methoxy groups -OCH3 is 1. The van der Waals surface area contributed by atoms with Crippen LogP contribution in [-0.4, -0.2) is 52.0 Å². The summed E-state index contributed by atoms with van der Waals surface area (Å²) in [5.74, 6) is 0.549. The monoisotopic (exact) mass is 511 g/mol. The molecule has 0 bridgehead atoms.